The summed E-state index contributed by atoms with van der Waals surface area (Å²) < 4.78 is 38.1. The van der Waals surface area contributed by atoms with Crippen LogP contribution >= 0.6 is 0 Å². The molecule has 0 spiro atoms. The Labute approximate surface area is 234 Å². The highest BCUT2D eigenvalue weighted by Gasteiger charge is 2.74. The average Bonchev–Trinajstić information content (AvgIpc) is 2.90. The van der Waals surface area contributed by atoms with Gasteiger partial charge in [0.25, 0.3) is 0 Å². The highest BCUT2D eigenvalue weighted by molar-refractivity contribution is 6.61. The van der Waals surface area contributed by atoms with Gasteiger partial charge in [0, 0.05) is 51.7 Å². The minimum atomic E-state index is -2.63. The van der Waals surface area contributed by atoms with E-state index in [0.717, 1.165) is 47.6 Å². The molecule has 6 nitrogen and oxygen atoms in total. The van der Waals surface area contributed by atoms with Gasteiger partial charge in [-0.2, -0.15) is 0 Å². The Balaban J connectivity index is 1.40. The first kappa shape index (κ1) is 29.7. The van der Waals surface area contributed by atoms with Crippen LogP contribution in [0.2, 0.25) is 12.1 Å². The Morgan fingerprint density at radius 1 is 0.474 bits per heavy atom. The van der Waals surface area contributed by atoms with Crippen molar-refractivity contribution in [2.75, 3.05) is 39.6 Å². The lowest BCUT2D eigenvalue weighted by Crippen LogP contribution is -2.72. The van der Waals surface area contributed by atoms with E-state index in [4.69, 9.17) is 26.6 Å². The van der Waals surface area contributed by atoms with Crippen molar-refractivity contribution in [1.82, 2.24) is 0 Å². The molecule has 0 saturated heterocycles. The second-order valence-electron chi connectivity index (χ2n) is 12.9. The van der Waals surface area contributed by atoms with Crippen molar-refractivity contribution in [3.8, 4) is 0 Å². The van der Waals surface area contributed by atoms with Gasteiger partial charge in [-0.15, -0.1) is 0 Å². The molecule has 8 heteroatoms. The lowest BCUT2D eigenvalue weighted by molar-refractivity contribution is -0.300. The van der Waals surface area contributed by atoms with Gasteiger partial charge >= 0.3 is 17.6 Å². The highest BCUT2D eigenvalue weighted by atomic mass is 28.4. The van der Waals surface area contributed by atoms with E-state index in [2.05, 4.69) is 41.5 Å². The maximum absolute atomic E-state index is 6.35. The van der Waals surface area contributed by atoms with Crippen molar-refractivity contribution in [2.24, 2.45) is 46.3 Å². The summed E-state index contributed by atoms with van der Waals surface area (Å²) in [7, 11) is -5.26. The minimum absolute atomic E-state index is 0.481. The molecule has 7 fully saturated rings. The summed E-state index contributed by atoms with van der Waals surface area (Å²) in [5, 5.41) is 0. The second kappa shape index (κ2) is 11.8. The highest BCUT2D eigenvalue weighted by Crippen LogP contribution is 2.81. The summed E-state index contributed by atoms with van der Waals surface area (Å²) in [6.07, 6.45) is 11.2. The normalized spacial score (nSPS) is 39.0. The lowest BCUT2D eigenvalue weighted by Gasteiger charge is -2.79. The molecule has 0 aliphatic heterocycles. The Kier molecular flexibility index (Phi) is 9.23. The number of rotatable bonds is 18. The third-order valence-corrected chi connectivity index (χ3v) is 17.7. The predicted octanol–water partition coefficient (Wildman–Crippen LogP) is 6.94. The topological polar surface area (TPSA) is 55.4 Å². The van der Waals surface area contributed by atoms with Crippen LogP contribution in [0.25, 0.3) is 0 Å². The molecule has 0 aromatic rings. The van der Waals surface area contributed by atoms with E-state index in [1.54, 1.807) is 0 Å². The van der Waals surface area contributed by atoms with E-state index in [9.17, 15) is 0 Å². The van der Waals surface area contributed by atoms with Gasteiger partial charge in [-0.05, 0) is 139 Å². The monoisotopic (exact) mass is 568 g/mol. The molecule has 7 aliphatic rings. The fourth-order valence-corrected chi connectivity index (χ4v) is 16.7. The summed E-state index contributed by atoms with van der Waals surface area (Å²) >= 11 is 0. The zero-order chi connectivity index (χ0) is 27.0. The summed E-state index contributed by atoms with van der Waals surface area (Å²) in [6.45, 7) is 16.6. The zero-order valence-electron chi connectivity index (χ0n) is 25.2. The molecule has 7 saturated carbocycles. The maximum atomic E-state index is 6.35. The Bertz CT molecular complexity index is 673. The largest absolute Gasteiger partial charge is 0.500 e. The van der Waals surface area contributed by atoms with Crippen LogP contribution in [-0.2, 0) is 26.6 Å². The molecular weight excluding hydrogens is 512 g/mol. The molecule has 0 radical (unpaired) electrons. The van der Waals surface area contributed by atoms with Gasteiger partial charge in [0.05, 0.1) is 0 Å². The van der Waals surface area contributed by atoms with E-state index < -0.39 is 17.6 Å². The van der Waals surface area contributed by atoms with Crippen molar-refractivity contribution in [3.63, 3.8) is 0 Å². The molecule has 0 aromatic carbocycles. The molecule has 4 unspecified atom stereocenters. The molecule has 8 bridgehead atoms. The molecular formula is C30H56O6Si2. The smallest absolute Gasteiger partial charge is 0.374 e. The third kappa shape index (κ3) is 4.84. The van der Waals surface area contributed by atoms with E-state index in [0.29, 0.717) is 50.5 Å². The average molecular weight is 569 g/mol. The first-order chi connectivity index (χ1) is 18.4. The van der Waals surface area contributed by atoms with Crippen LogP contribution < -0.4 is 0 Å². The fraction of sp³-hybridized carbons (Fsp3) is 1.00. The summed E-state index contributed by atoms with van der Waals surface area (Å²) in [4.78, 5) is 0. The Hall–Kier alpha value is 0.194. The first-order valence-corrected chi connectivity index (χ1v) is 20.1. The number of hydrogen-bond acceptors (Lipinski definition) is 6. The molecule has 4 atom stereocenters. The van der Waals surface area contributed by atoms with Crippen LogP contribution in [0.15, 0.2) is 0 Å². The van der Waals surface area contributed by atoms with Gasteiger partial charge in [-0.25, -0.2) is 0 Å². The molecule has 0 amide bonds. The molecule has 0 heterocycles. The van der Waals surface area contributed by atoms with Crippen molar-refractivity contribution in [3.05, 3.63) is 0 Å². The Morgan fingerprint density at radius 3 is 0.974 bits per heavy atom. The van der Waals surface area contributed by atoms with Crippen LogP contribution in [0.3, 0.4) is 0 Å². The summed E-state index contributed by atoms with van der Waals surface area (Å²) in [5.41, 5.74) is 0.962. The van der Waals surface area contributed by atoms with Gasteiger partial charge in [0.1, 0.15) is 0 Å². The molecule has 7 aliphatic carbocycles. The van der Waals surface area contributed by atoms with Crippen LogP contribution in [0, 0.1) is 46.3 Å². The minimum Gasteiger partial charge on any atom is -0.374 e. The maximum Gasteiger partial charge on any atom is 0.500 e. The fourth-order valence-electron chi connectivity index (χ4n) is 11.1. The van der Waals surface area contributed by atoms with Crippen LogP contribution in [0.5, 0.6) is 0 Å². The summed E-state index contributed by atoms with van der Waals surface area (Å²) in [5.74, 6) is 5.29. The second-order valence-corrected chi connectivity index (χ2v) is 18.4. The lowest BCUT2D eigenvalue weighted by atomic mass is 9.26. The van der Waals surface area contributed by atoms with E-state index in [1.165, 1.54) is 51.4 Å². The molecule has 0 N–H and O–H groups in total. The van der Waals surface area contributed by atoms with Gasteiger partial charge < -0.3 is 26.6 Å². The van der Waals surface area contributed by atoms with Crippen molar-refractivity contribution in [1.29, 1.82) is 0 Å². The Morgan fingerprint density at radius 2 is 0.737 bits per heavy atom. The van der Waals surface area contributed by atoms with Crippen molar-refractivity contribution >= 4 is 17.6 Å². The van der Waals surface area contributed by atoms with Gasteiger partial charge in [-0.1, -0.05) is 0 Å². The quantitative estimate of drug-likeness (QED) is 0.167. The van der Waals surface area contributed by atoms with Crippen molar-refractivity contribution in [2.45, 2.75) is 105 Å². The van der Waals surface area contributed by atoms with Crippen LogP contribution in [0.1, 0.15) is 92.9 Å². The van der Waals surface area contributed by atoms with E-state index in [-0.39, 0.29) is 0 Å². The van der Waals surface area contributed by atoms with E-state index >= 15 is 0 Å². The van der Waals surface area contributed by atoms with Gasteiger partial charge in [0.15, 0.2) is 0 Å². The first-order valence-electron chi connectivity index (χ1n) is 16.2. The SMILES string of the molecule is CCO[Si](CCC12CC3CC4C1CC1CC2C(C3)C4(CC[Si](OCC)(OCC)OCC)C1)(OCC)OCC. The third-order valence-electron chi connectivity index (χ3n) is 11.6. The molecule has 0 aromatic heterocycles. The molecule has 7 rings (SSSR count). The van der Waals surface area contributed by atoms with Gasteiger partial charge in [-0.3, -0.25) is 0 Å². The number of hydrogen-bond donors (Lipinski definition) is 0. The van der Waals surface area contributed by atoms with Crippen LogP contribution in [-0.4, -0.2) is 57.3 Å². The molecule has 38 heavy (non-hydrogen) atoms. The van der Waals surface area contributed by atoms with Crippen LogP contribution in [0.4, 0.5) is 0 Å². The van der Waals surface area contributed by atoms with Crippen molar-refractivity contribution < 1.29 is 26.6 Å². The predicted molar refractivity (Wildman–Crippen MR) is 154 cm³/mol. The molecule has 220 valence electrons. The van der Waals surface area contributed by atoms with E-state index in [1.807, 2.05) is 0 Å². The van der Waals surface area contributed by atoms with Gasteiger partial charge in [0.2, 0.25) is 0 Å². The summed E-state index contributed by atoms with van der Waals surface area (Å²) in [6, 6.07) is 1.99. The zero-order valence-corrected chi connectivity index (χ0v) is 27.2. The standard InChI is InChI=1S/C30H56O6Si2/c1-7-31-37(32-8-2,33-9-3)15-13-29-21-23-19-27-25(29)17-24-18-26(29)28(20-23)30(27,22-24)14-16-38(34-10-4,35-11-5)36-12-6/h23-28H,7-22H2,1-6H3.